The van der Waals surface area contributed by atoms with Gasteiger partial charge in [0.1, 0.15) is 11.9 Å². The Labute approximate surface area is 159 Å². The molecule has 2 aromatic rings. The van der Waals surface area contributed by atoms with E-state index in [1.807, 2.05) is 6.07 Å². The molecule has 2 rings (SSSR count). The van der Waals surface area contributed by atoms with Crippen LogP contribution in [0.3, 0.4) is 0 Å². The number of nitriles is 1. The molecule has 0 bridgehead atoms. The average Bonchev–Trinajstić information content (AvgIpc) is 2.93. The van der Waals surface area contributed by atoms with Crippen molar-refractivity contribution in [3.8, 4) is 6.07 Å². The number of carbonyl (C=O) groups is 2. The van der Waals surface area contributed by atoms with Crippen LogP contribution in [0.25, 0.3) is 0 Å². The summed E-state index contributed by atoms with van der Waals surface area (Å²) in [4.78, 5) is 23.2. The quantitative estimate of drug-likeness (QED) is 0.692. The molecule has 1 aromatic heterocycles. The fraction of sp³-hybridized carbons (Fsp3) is 0.312. The zero-order chi connectivity index (χ0) is 19.3. The number of benzene rings is 1. The second-order valence-corrected chi connectivity index (χ2v) is 7.20. The van der Waals surface area contributed by atoms with Gasteiger partial charge in [-0.05, 0) is 25.1 Å². The Balaban J connectivity index is 2.00. The van der Waals surface area contributed by atoms with Crippen molar-refractivity contribution in [2.24, 2.45) is 12.8 Å². The fourth-order valence-corrected chi connectivity index (χ4v) is 3.10. The zero-order valence-electron chi connectivity index (χ0n) is 14.2. The Morgan fingerprint density at radius 2 is 2.19 bits per heavy atom. The fourth-order valence-electron chi connectivity index (χ4n) is 2.04. The molecular formula is C16H17ClN6O2S. The van der Waals surface area contributed by atoms with E-state index in [9.17, 15) is 9.59 Å². The second-order valence-electron chi connectivity index (χ2n) is 5.48. The van der Waals surface area contributed by atoms with Crippen molar-refractivity contribution < 1.29 is 9.59 Å². The Kier molecular flexibility index (Phi) is 6.60. The molecule has 1 atom stereocenters. The highest BCUT2D eigenvalue weighted by molar-refractivity contribution is 8.00. The van der Waals surface area contributed by atoms with Gasteiger partial charge in [-0.1, -0.05) is 23.4 Å². The SMILES string of the molecule is C[C@@H](Sc1nnc(CCC(N)=O)n1C)C(=O)Nc1ccc(C#N)c(Cl)c1. The maximum atomic E-state index is 12.4. The number of nitrogens with two attached hydrogens (primary N) is 1. The average molecular weight is 393 g/mol. The van der Waals surface area contributed by atoms with Crippen molar-refractivity contribution in [2.75, 3.05) is 5.32 Å². The van der Waals surface area contributed by atoms with E-state index in [2.05, 4.69) is 15.5 Å². The van der Waals surface area contributed by atoms with E-state index in [0.29, 0.717) is 28.7 Å². The summed E-state index contributed by atoms with van der Waals surface area (Å²) in [6, 6.07) is 6.65. The van der Waals surface area contributed by atoms with Gasteiger partial charge in [0.25, 0.3) is 0 Å². The van der Waals surface area contributed by atoms with Crippen LogP contribution in [0.4, 0.5) is 5.69 Å². The van der Waals surface area contributed by atoms with Crippen molar-refractivity contribution in [1.29, 1.82) is 5.26 Å². The minimum absolute atomic E-state index is 0.187. The van der Waals surface area contributed by atoms with Crippen LogP contribution < -0.4 is 11.1 Å². The summed E-state index contributed by atoms with van der Waals surface area (Å²) in [5.41, 5.74) is 5.99. The number of amides is 2. The van der Waals surface area contributed by atoms with E-state index in [1.165, 1.54) is 17.8 Å². The van der Waals surface area contributed by atoms with Gasteiger partial charge in [0, 0.05) is 25.6 Å². The molecule has 8 nitrogen and oxygen atoms in total. The molecule has 0 aliphatic heterocycles. The van der Waals surface area contributed by atoms with Gasteiger partial charge in [-0.3, -0.25) is 9.59 Å². The number of aromatic nitrogens is 3. The van der Waals surface area contributed by atoms with Gasteiger partial charge in [0.2, 0.25) is 11.8 Å². The molecule has 0 saturated heterocycles. The van der Waals surface area contributed by atoms with Gasteiger partial charge in [-0.15, -0.1) is 10.2 Å². The lowest BCUT2D eigenvalue weighted by molar-refractivity contribution is -0.118. The summed E-state index contributed by atoms with van der Waals surface area (Å²) in [6.07, 6.45) is 0.579. The molecule has 1 aromatic carbocycles. The van der Waals surface area contributed by atoms with Crippen molar-refractivity contribution in [3.05, 3.63) is 34.6 Å². The number of hydrogen-bond acceptors (Lipinski definition) is 6. The van der Waals surface area contributed by atoms with Crippen LogP contribution in [-0.2, 0) is 23.1 Å². The molecule has 0 radical (unpaired) electrons. The molecule has 0 fully saturated rings. The molecule has 0 aliphatic rings. The van der Waals surface area contributed by atoms with E-state index in [-0.39, 0.29) is 17.4 Å². The van der Waals surface area contributed by atoms with Crippen LogP contribution in [0.15, 0.2) is 23.4 Å². The number of nitrogens with one attached hydrogen (secondary N) is 1. The summed E-state index contributed by atoms with van der Waals surface area (Å²) in [5.74, 6) is -0.0220. The van der Waals surface area contributed by atoms with Gasteiger partial charge < -0.3 is 15.6 Å². The van der Waals surface area contributed by atoms with Crippen LogP contribution in [0.1, 0.15) is 24.7 Å². The van der Waals surface area contributed by atoms with E-state index in [1.54, 1.807) is 30.7 Å². The molecule has 0 saturated carbocycles. The Morgan fingerprint density at radius 1 is 1.46 bits per heavy atom. The first-order valence-corrected chi connectivity index (χ1v) is 8.91. The molecule has 2 amide bonds. The molecule has 26 heavy (non-hydrogen) atoms. The molecule has 0 aliphatic carbocycles. The Bertz CT molecular complexity index is 876. The molecular weight excluding hydrogens is 376 g/mol. The lowest BCUT2D eigenvalue weighted by Gasteiger charge is -2.12. The second kappa shape index (κ2) is 8.69. The van der Waals surface area contributed by atoms with Crippen LogP contribution in [-0.4, -0.2) is 31.8 Å². The van der Waals surface area contributed by atoms with Gasteiger partial charge in [0.15, 0.2) is 5.16 Å². The summed E-state index contributed by atoms with van der Waals surface area (Å²) < 4.78 is 1.73. The molecule has 0 spiro atoms. The number of primary amides is 1. The first-order valence-electron chi connectivity index (χ1n) is 7.65. The highest BCUT2D eigenvalue weighted by Crippen LogP contribution is 2.24. The van der Waals surface area contributed by atoms with Crippen molar-refractivity contribution >= 4 is 40.9 Å². The summed E-state index contributed by atoms with van der Waals surface area (Å²) in [6.45, 7) is 1.74. The van der Waals surface area contributed by atoms with Crippen molar-refractivity contribution in [1.82, 2.24) is 14.8 Å². The molecule has 1 heterocycles. The monoisotopic (exact) mass is 392 g/mol. The number of rotatable bonds is 7. The number of nitrogens with zero attached hydrogens (tertiary/aromatic N) is 4. The molecule has 136 valence electrons. The van der Waals surface area contributed by atoms with Crippen molar-refractivity contribution in [2.45, 2.75) is 30.2 Å². The smallest absolute Gasteiger partial charge is 0.237 e. The predicted molar refractivity (Wildman–Crippen MR) is 98.6 cm³/mol. The number of aryl methyl sites for hydroxylation is 1. The molecule has 0 unspecified atom stereocenters. The summed E-state index contributed by atoms with van der Waals surface area (Å²) in [7, 11) is 1.77. The first kappa shape index (κ1) is 19.8. The Morgan fingerprint density at radius 3 is 2.81 bits per heavy atom. The minimum atomic E-state index is -0.448. The van der Waals surface area contributed by atoms with Gasteiger partial charge in [0.05, 0.1) is 15.8 Å². The Hall–Kier alpha value is -2.57. The lowest BCUT2D eigenvalue weighted by atomic mass is 10.2. The van der Waals surface area contributed by atoms with Gasteiger partial charge >= 0.3 is 0 Å². The van der Waals surface area contributed by atoms with E-state index in [4.69, 9.17) is 22.6 Å². The number of anilines is 1. The van der Waals surface area contributed by atoms with Crippen LogP contribution in [0.2, 0.25) is 5.02 Å². The molecule has 10 heteroatoms. The topological polar surface area (TPSA) is 127 Å². The normalized spacial score (nSPS) is 11.6. The van der Waals surface area contributed by atoms with Crippen molar-refractivity contribution in [3.63, 3.8) is 0 Å². The summed E-state index contributed by atoms with van der Waals surface area (Å²) >= 11 is 7.20. The highest BCUT2D eigenvalue weighted by Gasteiger charge is 2.19. The molecule has 3 N–H and O–H groups in total. The van der Waals surface area contributed by atoms with E-state index in [0.717, 1.165) is 0 Å². The van der Waals surface area contributed by atoms with Crippen LogP contribution >= 0.6 is 23.4 Å². The summed E-state index contributed by atoms with van der Waals surface area (Å²) in [5, 5.41) is 20.1. The van der Waals surface area contributed by atoms with Crippen LogP contribution in [0.5, 0.6) is 0 Å². The van der Waals surface area contributed by atoms with Gasteiger partial charge in [-0.25, -0.2) is 0 Å². The largest absolute Gasteiger partial charge is 0.370 e. The first-order chi connectivity index (χ1) is 12.3. The third-order valence-corrected chi connectivity index (χ3v) is 4.98. The maximum absolute atomic E-state index is 12.4. The van der Waals surface area contributed by atoms with E-state index >= 15 is 0 Å². The predicted octanol–water partition coefficient (Wildman–Crippen LogP) is 1.88. The third-order valence-electron chi connectivity index (χ3n) is 3.53. The standard InChI is InChI=1S/C16H17ClN6O2S/c1-9(15(25)20-11-4-3-10(8-18)12(17)7-11)26-16-22-21-14(23(16)2)6-5-13(19)24/h3-4,7,9H,5-6H2,1-2H3,(H2,19,24)(H,20,25)/t9-/m1/s1. The maximum Gasteiger partial charge on any atom is 0.237 e. The third kappa shape index (κ3) is 4.97. The lowest BCUT2D eigenvalue weighted by Crippen LogP contribution is -2.23. The minimum Gasteiger partial charge on any atom is -0.370 e. The number of halogens is 1. The van der Waals surface area contributed by atoms with E-state index < -0.39 is 11.2 Å². The number of thioether (sulfide) groups is 1. The zero-order valence-corrected chi connectivity index (χ0v) is 15.8. The number of hydrogen-bond donors (Lipinski definition) is 2. The van der Waals surface area contributed by atoms with Gasteiger partial charge in [-0.2, -0.15) is 5.26 Å². The highest BCUT2D eigenvalue weighted by atomic mass is 35.5. The van der Waals surface area contributed by atoms with Crippen LogP contribution in [0, 0.1) is 11.3 Å². The number of carbonyl (C=O) groups excluding carboxylic acids is 2.